The number of hydrogen-bond acceptors (Lipinski definition) is 3. The predicted octanol–water partition coefficient (Wildman–Crippen LogP) is 2.88. The minimum atomic E-state index is -0.154. The summed E-state index contributed by atoms with van der Waals surface area (Å²) in [6, 6.07) is 10.6. The minimum Gasteiger partial charge on any atom is -0.508 e. The molecule has 0 saturated carbocycles. The Balaban J connectivity index is 2.06. The quantitative estimate of drug-likeness (QED) is 0.624. The van der Waals surface area contributed by atoms with E-state index in [1.54, 1.807) is 11.0 Å². The van der Waals surface area contributed by atoms with E-state index in [0.29, 0.717) is 17.8 Å². The highest BCUT2D eigenvalue weighted by Crippen LogP contribution is 2.32. The molecule has 1 aliphatic rings. The van der Waals surface area contributed by atoms with Crippen molar-refractivity contribution in [1.29, 1.82) is 0 Å². The van der Waals surface area contributed by atoms with E-state index < -0.39 is 0 Å². The molecular formula is C17H18N2O2. The van der Waals surface area contributed by atoms with E-state index >= 15 is 0 Å². The number of nitrogens with zero attached hydrogens (tertiary/aromatic N) is 1. The Bertz CT molecular complexity index is 710. The molecule has 0 unspecified atom stereocenters. The lowest BCUT2D eigenvalue weighted by Gasteiger charge is -2.31. The molecule has 21 heavy (non-hydrogen) atoms. The number of carbonyl (C=O) groups is 1. The molecule has 0 aromatic heterocycles. The highest BCUT2D eigenvalue weighted by molar-refractivity contribution is 6.10. The lowest BCUT2D eigenvalue weighted by molar-refractivity contribution is 0.0985. The second-order valence-corrected chi connectivity index (χ2v) is 5.41. The smallest absolute Gasteiger partial charge is 0.260 e. The monoisotopic (exact) mass is 282 g/mol. The molecule has 0 fully saturated rings. The first-order chi connectivity index (χ1) is 10.1. The number of phenolic OH excluding ortho intramolecular Hbond substituents is 1. The molecule has 1 aliphatic heterocycles. The number of phenols is 1. The van der Waals surface area contributed by atoms with Gasteiger partial charge in [-0.15, -0.1) is 0 Å². The average molecular weight is 282 g/mol. The third kappa shape index (κ3) is 2.33. The van der Waals surface area contributed by atoms with Gasteiger partial charge < -0.3 is 15.7 Å². The lowest BCUT2D eigenvalue weighted by Crippen LogP contribution is -2.36. The summed E-state index contributed by atoms with van der Waals surface area (Å²) in [6.07, 6.45) is 1.91. The van der Waals surface area contributed by atoms with Gasteiger partial charge in [-0.25, -0.2) is 0 Å². The Morgan fingerprint density at radius 3 is 2.90 bits per heavy atom. The van der Waals surface area contributed by atoms with Crippen molar-refractivity contribution in [2.24, 2.45) is 0 Å². The average Bonchev–Trinajstić information content (AvgIpc) is 2.49. The summed E-state index contributed by atoms with van der Waals surface area (Å²) in [4.78, 5) is 14.6. The number of carbonyl (C=O) groups excluding carboxylic acids is 1. The van der Waals surface area contributed by atoms with Crippen LogP contribution in [0.2, 0.25) is 0 Å². The standard InChI is InChI=1S/C17H18N2O2/c1-11-4-2-5-12-6-3-9-19(16(11)12)17(21)14-10-13(20)7-8-15(14)18/h2,4-5,7-8,10,20H,3,6,9,18H2,1H3. The van der Waals surface area contributed by atoms with E-state index in [1.165, 1.54) is 17.7 Å². The van der Waals surface area contributed by atoms with Gasteiger partial charge in [-0.1, -0.05) is 18.2 Å². The number of nitrogens with two attached hydrogens (primary N) is 1. The summed E-state index contributed by atoms with van der Waals surface area (Å²) in [7, 11) is 0. The van der Waals surface area contributed by atoms with Crippen molar-refractivity contribution in [2.45, 2.75) is 19.8 Å². The summed E-state index contributed by atoms with van der Waals surface area (Å²) >= 11 is 0. The fourth-order valence-corrected chi connectivity index (χ4v) is 2.93. The molecule has 2 aromatic carbocycles. The normalized spacial score (nSPS) is 13.9. The van der Waals surface area contributed by atoms with Crippen LogP contribution < -0.4 is 10.6 Å². The van der Waals surface area contributed by atoms with Crippen LogP contribution in [-0.4, -0.2) is 17.6 Å². The zero-order valence-electron chi connectivity index (χ0n) is 12.0. The maximum atomic E-state index is 12.8. The molecule has 0 atom stereocenters. The van der Waals surface area contributed by atoms with Crippen molar-refractivity contribution in [3.63, 3.8) is 0 Å². The number of benzene rings is 2. The second-order valence-electron chi connectivity index (χ2n) is 5.41. The summed E-state index contributed by atoms with van der Waals surface area (Å²) < 4.78 is 0. The summed E-state index contributed by atoms with van der Waals surface area (Å²) in [5.74, 6) is -0.104. The molecule has 1 amide bonds. The van der Waals surface area contributed by atoms with Gasteiger partial charge in [-0.2, -0.15) is 0 Å². The zero-order valence-corrected chi connectivity index (χ0v) is 12.0. The summed E-state index contributed by atoms with van der Waals surface area (Å²) in [5.41, 5.74) is 9.89. The van der Waals surface area contributed by atoms with Crippen LogP contribution in [0.1, 0.15) is 27.9 Å². The second kappa shape index (κ2) is 5.13. The molecule has 2 aromatic rings. The van der Waals surface area contributed by atoms with Crippen LogP contribution in [0.15, 0.2) is 36.4 Å². The first kappa shape index (κ1) is 13.5. The Hall–Kier alpha value is -2.49. The molecule has 3 N–H and O–H groups in total. The van der Waals surface area contributed by atoms with E-state index in [4.69, 9.17) is 5.73 Å². The van der Waals surface area contributed by atoms with E-state index in [-0.39, 0.29) is 11.7 Å². The van der Waals surface area contributed by atoms with Crippen LogP contribution >= 0.6 is 0 Å². The number of nitrogen functional groups attached to an aromatic ring is 1. The molecule has 0 radical (unpaired) electrons. The van der Waals surface area contributed by atoms with E-state index in [2.05, 4.69) is 6.07 Å². The molecule has 0 saturated heterocycles. The molecule has 3 rings (SSSR count). The molecular weight excluding hydrogens is 264 g/mol. The number of fused-ring (bicyclic) bond motifs is 1. The van der Waals surface area contributed by atoms with Gasteiger partial charge in [-0.3, -0.25) is 4.79 Å². The molecule has 4 heteroatoms. The van der Waals surface area contributed by atoms with Gasteiger partial charge in [0.1, 0.15) is 5.75 Å². The fourth-order valence-electron chi connectivity index (χ4n) is 2.93. The van der Waals surface area contributed by atoms with Crippen molar-refractivity contribution in [1.82, 2.24) is 0 Å². The van der Waals surface area contributed by atoms with Gasteiger partial charge in [0.05, 0.1) is 11.3 Å². The first-order valence-electron chi connectivity index (χ1n) is 7.07. The van der Waals surface area contributed by atoms with E-state index in [9.17, 15) is 9.90 Å². The number of aromatic hydroxyl groups is 1. The van der Waals surface area contributed by atoms with Gasteiger partial charge in [0.25, 0.3) is 5.91 Å². The van der Waals surface area contributed by atoms with Crippen LogP contribution in [0.25, 0.3) is 0 Å². The Morgan fingerprint density at radius 1 is 1.29 bits per heavy atom. The summed E-state index contributed by atoms with van der Waals surface area (Å²) in [5, 5.41) is 9.61. The zero-order chi connectivity index (χ0) is 15.0. The maximum Gasteiger partial charge on any atom is 0.260 e. The van der Waals surface area contributed by atoms with Gasteiger partial charge in [0, 0.05) is 12.2 Å². The number of amides is 1. The Kier molecular flexibility index (Phi) is 3.29. The van der Waals surface area contributed by atoms with Crippen LogP contribution in [-0.2, 0) is 6.42 Å². The van der Waals surface area contributed by atoms with Gasteiger partial charge in [0.2, 0.25) is 0 Å². The van der Waals surface area contributed by atoms with Crippen LogP contribution in [0, 0.1) is 6.92 Å². The van der Waals surface area contributed by atoms with Crippen molar-refractivity contribution >= 4 is 17.3 Å². The van der Waals surface area contributed by atoms with E-state index in [0.717, 1.165) is 24.1 Å². The maximum absolute atomic E-state index is 12.8. The highest BCUT2D eigenvalue weighted by Gasteiger charge is 2.26. The molecule has 4 nitrogen and oxygen atoms in total. The predicted molar refractivity (Wildman–Crippen MR) is 83.7 cm³/mol. The van der Waals surface area contributed by atoms with Crippen molar-refractivity contribution < 1.29 is 9.90 Å². The largest absolute Gasteiger partial charge is 0.508 e. The SMILES string of the molecule is Cc1cccc2c1N(C(=O)c1cc(O)ccc1N)CCC2. The number of rotatable bonds is 1. The van der Waals surface area contributed by atoms with Crippen LogP contribution in [0.3, 0.4) is 0 Å². The van der Waals surface area contributed by atoms with Crippen LogP contribution in [0.5, 0.6) is 5.75 Å². The first-order valence-corrected chi connectivity index (χ1v) is 7.07. The Labute approximate surface area is 123 Å². The van der Waals surface area contributed by atoms with Crippen molar-refractivity contribution in [3.8, 4) is 5.75 Å². The van der Waals surface area contributed by atoms with E-state index in [1.807, 2.05) is 19.1 Å². The summed E-state index contributed by atoms with van der Waals surface area (Å²) in [6.45, 7) is 2.68. The molecule has 1 heterocycles. The van der Waals surface area contributed by atoms with Crippen molar-refractivity contribution in [2.75, 3.05) is 17.2 Å². The highest BCUT2D eigenvalue weighted by atomic mass is 16.3. The van der Waals surface area contributed by atoms with Gasteiger partial charge in [-0.05, 0) is 49.1 Å². The minimum absolute atomic E-state index is 0.0505. The molecule has 0 spiro atoms. The number of para-hydroxylation sites is 1. The van der Waals surface area contributed by atoms with Gasteiger partial charge in [0.15, 0.2) is 0 Å². The number of aryl methyl sites for hydroxylation is 2. The number of hydrogen-bond donors (Lipinski definition) is 2. The van der Waals surface area contributed by atoms with Crippen LogP contribution in [0.4, 0.5) is 11.4 Å². The Morgan fingerprint density at radius 2 is 2.10 bits per heavy atom. The topological polar surface area (TPSA) is 66.6 Å². The van der Waals surface area contributed by atoms with Crippen molar-refractivity contribution in [3.05, 3.63) is 53.1 Å². The third-order valence-corrected chi connectivity index (χ3v) is 3.93. The lowest BCUT2D eigenvalue weighted by atomic mass is 9.97. The fraction of sp³-hybridized carbons (Fsp3) is 0.235. The molecule has 0 bridgehead atoms. The molecule has 108 valence electrons. The number of anilines is 2. The third-order valence-electron chi connectivity index (χ3n) is 3.93. The van der Waals surface area contributed by atoms with Gasteiger partial charge >= 0.3 is 0 Å². The molecule has 0 aliphatic carbocycles.